The summed E-state index contributed by atoms with van der Waals surface area (Å²) in [4.78, 5) is 16.1. The Balaban J connectivity index is 1.78. The van der Waals surface area contributed by atoms with E-state index in [1.54, 1.807) is 24.4 Å². The Morgan fingerprint density at radius 2 is 1.82 bits per heavy atom. The summed E-state index contributed by atoms with van der Waals surface area (Å²) >= 11 is 17.8. The fourth-order valence-electron chi connectivity index (χ4n) is 2.32. The van der Waals surface area contributed by atoms with E-state index in [9.17, 15) is 18.0 Å². The fraction of sp³-hybridized carbons (Fsp3) is 0.0588. The number of aromatic nitrogens is 2. The maximum atomic E-state index is 12.7. The Kier molecular flexibility index (Phi) is 5.74. The summed E-state index contributed by atoms with van der Waals surface area (Å²) in [5.74, 6) is -0.723. The highest BCUT2D eigenvalue weighted by Crippen LogP contribution is 2.32. The van der Waals surface area contributed by atoms with E-state index in [1.165, 1.54) is 16.7 Å². The van der Waals surface area contributed by atoms with Crippen molar-refractivity contribution in [3.05, 3.63) is 75.1 Å². The van der Waals surface area contributed by atoms with Crippen LogP contribution >= 0.6 is 34.8 Å². The topological polar surface area (TPSA) is 59.0 Å². The molecule has 2 aromatic heterocycles. The van der Waals surface area contributed by atoms with Crippen LogP contribution < -0.4 is 10.9 Å². The van der Waals surface area contributed by atoms with Crippen LogP contribution in [0.2, 0.25) is 15.1 Å². The first-order chi connectivity index (χ1) is 13.2. The minimum Gasteiger partial charge on any atom is -0.311 e. The molecule has 3 rings (SSSR count). The second-order valence-electron chi connectivity index (χ2n) is 5.49. The van der Waals surface area contributed by atoms with Crippen LogP contribution in [0.3, 0.4) is 0 Å². The van der Waals surface area contributed by atoms with Crippen molar-refractivity contribution in [2.24, 2.45) is 0 Å². The normalized spacial score (nSPS) is 11.4. The Hall–Kier alpha value is -2.42. The molecule has 0 aliphatic carbocycles. The maximum Gasteiger partial charge on any atom is 0.417 e. The van der Waals surface area contributed by atoms with Gasteiger partial charge in [0.25, 0.3) is 5.91 Å². The van der Waals surface area contributed by atoms with Crippen LogP contribution in [0.4, 0.5) is 19.0 Å². The highest BCUT2D eigenvalue weighted by Gasteiger charge is 2.31. The number of nitrogens with one attached hydrogen (secondary N) is 2. The number of halogens is 6. The molecule has 11 heteroatoms. The number of hydrazine groups is 1. The lowest BCUT2D eigenvalue weighted by Gasteiger charge is -2.13. The van der Waals surface area contributed by atoms with Crippen LogP contribution in [0.15, 0.2) is 48.8 Å². The average Bonchev–Trinajstić information content (AvgIpc) is 3.09. The first kappa shape index (κ1) is 20.3. The van der Waals surface area contributed by atoms with Gasteiger partial charge < -0.3 is 4.57 Å². The van der Waals surface area contributed by atoms with Crippen molar-refractivity contribution in [2.45, 2.75) is 6.18 Å². The molecular formula is C17H10Cl3F3N4O. The van der Waals surface area contributed by atoms with E-state index in [1.807, 2.05) is 0 Å². The number of carbonyl (C=O) groups excluding carboxylic acids is 1. The van der Waals surface area contributed by atoms with Gasteiger partial charge in [0.15, 0.2) is 5.82 Å². The fourth-order valence-corrected chi connectivity index (χ4v) is 3.03. The molecule has 0 spiro atoms. The van der Waals surface area contributed by atoms with Crippen LogP contribution in [0.25, 0.3) is 5.69 Å². The van der Waals surface area contributed by atoms with Crippen LogP contribution in [0, 0.1) is 0 Å². The minimum atomic E-state index is -4.57. The van der Waals surface area contributed by atoms with Gasteiger partial charge in [-0.15, -0.1) is 0 Å². The Labute approximate surface area is 172 Å². The number of benzene rings is 1. The Morgan fingerprint density at radius 1 is 1.07 bits per heavy atom. The molecule has 2 N–H and O–H groups in total. The van der Waals surface area contributed by atoms with Gasteiger partial charge >= 0.3 is 6.18 Å². The first-order valence-corrected chi connectivity index (χ1v) is 8.72. The van der Waals surface area contributed by atoms with Gasteiger partial charge in [0.2, 0.25) is 0 Å². The number of amides is 1. The number of anilines is 1. The second kappa shape index (κ2) is 7.90. The SMILES string of the molecule is O=C(NNc1ncc(C(F)(F)F)cc1Cl)c1cccn1-c1ccc(Cl)cc1Cl. The molecule has 3 aromatic rings. The van der Waals surface area contributed by atoms with Gasteiger partial charge in [0, 0.05) is 17.4 Å². The average molecular weight is 450 g/mol. The van der Waals surface area contributed by atoms with E-state index < -0.39 is 17.6 Å². The van der Waals surface area contributed by atoms with E-state index in [-0.39, 0.29) is 16.5 Å². The molecule has 0 fully saturated rings. The predicted octanol–water partition coefficient (Wildman–Crippen LogP) is 5.61. The molecule has 0 atom stereocenters. The van der Waals surface area contributed by atoms with Crippen molar-refractivity contribution in [2.75, 3.05) is 5.43 Å². The number of rotatable bonds is 4. The molecule has 0 bridgehead atoms. The van der Waals surface area contributed by atoms with Gasteiger partial charge in [-0.3, -0.25) is 15.6 Å². The highest BCUT2D eigenvalue weighted by molar-refractivity contribution is 6.35. The molecule has 0 aliphatic rings. The number of nitrogens with zero attached hydrogens (tertiary/aromatic N) is 2. The van der Waals surface area contributed by atoms with Crippen LogP contribution in [-0.4, -0.2) is 15.5 Å². The van der Waals surface area contributed by atoms with Gasteiger partial charge in [-0.1, -0.05) is 34.8 Å². The lowest BCUT2D eigenvalue weighted by molar-refractivity contribution is -0.137. The molecule has 2 heterocycles. The molecule has 0 unspecified atom stereocenters. The predicted molar refractivity (Wildman–Crippen MR) is 101 cm³/mol. The standard InChI is InChI=1S/C17H10Cl3F3N4O/c18-10-3-4-13(11(19)7-10)27-5-1-2-14(27)16(28)26-25-15-12(20)6-9(8-24-15)17(21,22)23/h1-8H,(H,24,25)(H,26,28). The highest BCUT2D eigenvalue weighted by atomic mass is 35.5. The van der Waals surface area contributed by atoms with Gasteiger partial charge in [-0.05, 0) is 36.4 Å². The number of carbonyl (C=O) groups is 1. The third kappa shape index (κ3) is 4.35. The Bertz CT molecular complexity index is 1040. The van der Waals surface area contributed by atoms with E-state index >= 15 is 0 Å². The van der Waals surface area contributed by atoms with Crippen LogP contribution in [-0.2, 0) is 6.18 Å². The number of hydrogen-bond acceptors (Lipinski definition) is 3. The van der Waals surface area contributed by atoms with Crippen LogP contribution in [0.5, 0.6) is 0 Å². The minimum absolute atomic E-state index is 0.134. The number of pyridine rings is 1. The zero-order valence-electron chi connectivity index (χ0n) is 13.7. The zero-order valence-corrected chi connectivity index (χ0v) is 16.0. The molecule has 1 aromatic carbocycles. The maximum absolute atomic E-state index is 12.7. The van der Waals surface area contributed by atoms with E-state index in [0.717, 1.165) is 0 Å². The zero-order chi connectivity index (χ0) is 20.5. The van der Waals surface area contributed by atoms with Gasteiger partial charge in [0.05, 0.1) is 21.3 Å². The van der Waals surface area contributed by atoms with E-state index in [2.05, 4.69) is 15.8 Å². The smallest absolute Gasteiger partial charge is 0.311 e. The molecule has 0 aliphatic heterocycles. The third-order valence-corrected chi connectivity index (χ3v) is 4.44. The summed E-state index contributed by atoms with van der Waals surface area (Å²) in [7, 11) is 0. The molecule has 0 radical (unpaired) electrons. The van der Waals surface area contributed by atoms with Crippen LogP contribution in [0.1, 0.15) is 16.1 Å². The van der Waals surface area contributed by atoms with Gasteiger partial charge in [0.1, 0.15) is 5.69 Å². The molecule has 0 saturated carbocycles. The molecular weight excluding hydrogens is 440 g/mol. The molecule has 5 nitrogen and oxygen atoms in total. The van der Waals surface area contributed by atoms with E-state index in [0.29, 0.717) is 28.0 Å². The van der Waals surface area contributed by atoms with Gasteiger partial charge in [-0.2, -0.15) is 13.2 Å². The van der Waals surface area contributed by atoms with Crippen molar-refractivity contribution >= 4 is 46.5 Å². The molecule has 146 valence electrons. The third-order valence-electron chi connectivity index (χ3n) is 3.61. The summed E-state index contributed by atoms with van der Waals surface area (Å²) in [6.45, 7) is 0. The summed E-state index contributed by atoms with van der Waals surface area (Å²) in [6.07, 6.45) is -2.35. The Morgan fingerprint density at radius 3 is 2.46 bits per heavy atom. The lowest BCUT2D eigenvalue weighted by Crippen LogP contribution is -2.31. The summed E-state index contributed by atoms with van der Waals surface area (Å²) in [5, 5.41) is 0.473. The number of alkyl halides is 3. The number of hydrogen-bond donors (Lipinski definition) is 2. The van der Waals surface area contributed by atoms with Crippen molar-refractivity contribution < 1.29 is 18.0 Å². The van der Waals surface area contributed by atoms with E-state index in [4.69, 9.17) is 34.8 Å². The summed E-state index contributed by atoms with van der Waals surface area (Å²) in [5.41, 5.74) is 4.47. The first-order valence-electron chi connectivity index (χ1n) is 7.58. The van der Waals surface area contributed by atoms with Crippen molar-refractivity contribution in [1.82, 2.24) is 15.0 Å². The second-order valence-corrected chi connectivity index (χ2v) is 6.74. The van der Waals surface area contributed by atoms with Gasteiger partial charge in [-0.25, -0.2) is 4.98 Å². The van der Waals surface area contributed by atoms with Crippen molar-refractivity contribution in [3.8, 4) is 5.69 Å². The summed E-state index contributed by atoms with van der Waals surface area (Å²) in [6, 6.07) is 8.66. The molecule has 1 amide bonds. The monoisotopic (exact) mass is 448 g/mol. The van der Waals surface area contributed by atoms with Crippen molar-refractivity contribution in [1.29, 1.82) is 0 Å². The summed E-state index contributed by atoms with van der Waals surface area (Å²) < 4.78 is 39.5. The molecule has 0 saturated heterocycles. The van der Waals surface area contributed by atoms with Crippen molar-refractivity contribution in [3.63, 3.8) is 0 Å². The quantitative estimate of drug-likeness (QED) is 0.509. The lowest BCUT2D eigenvalue weighted by atomic mass is 10.3. The molecule has 28 heavy (non-hydrogen) atoms. The largest absolute Gasteiger partial charge is 0.417 e.